The second-order valence-corrected chi connectivity index (χ2v) is 12.5. The molecule has 1 heterocycles. The fourth-order valence-corrected chi connectivity index (χ4v) is 5.58. The van der Waals surface area contributed by atoms with E-state index in [0.29, 0.717) is 12.1 Å². The van der Waals surface area contributed by atoms with Gasteiger partial charge in [-0.2, -0.15) is 40.7 Å². The molecule has 0 atom stereocenters. The van der Waals surface area contributed by atoms with E-state index in [1.807, 2.05) is 0 Å². The fraction of sp³-hybridized carbons (Fsp3) is 0. The zero-order valence-corrected chi connectivity index (χ0v) is 31.9. The van der Waals surface area contributed by atoms with Gasteiger partial charge in [0, 0.05) is 5.69 Å². The number of nitrogens with one attached hydrogen (secondary N) is 1. The van der Waals surface area contributed by atoms with Gasteiger partial charge in [0.05, 0.1) is 16.3 Å². The second kappa shape index (κ2) is 15.4. The van der Waals surface area contributed by atoms with E-state index in [-0.39, 0.29) is 100 Å². The average molecular weight is 734 g/mol. The molecule has 4 aromatic rings. The molecule has 0 spiro atoms. The van der Waals surface area contributed by atoms with Crippen LogP contribution in [0.15, 0.2) is 61.3 Å². The Morgan fingerprint density at radius 1 is 0.844 bits per heavy atom. The SMILES string of the molecule is O=S(=O)([O-])c1cc(S(=O)(=O)O)c2c([O-])c(N=Nc3ccc(Nc4nc(F)nc(F)c4Cl)cc3[O-])c(S(=O)(=O)O)cc2c1.[Na+].[Na+].[Na+]. The van der Waals surface area contributed by atoms with Crippen molar-refractivity contribution in [2.24, 2.45) is 10.2 Å². The molecule has 1 aromatic heterocycles. The number of rotatable bonds is 7. The van der Waals surface area contributed by atoms with E-state index in [1.165, 1.54) is 0 Å². The molecule has 3 aromatic carbocycles. The van der Waals surface area contributed by atoms with E-state index >= 15 is 0 Å². The Labute approximate surface area is 323 Å². The molecule has 45 heavy (non-hydrogen) atoms. The van der Waals surface area contributed by atoms with E-state index in [2.05, 4.69) is 25.5 Å². The minimum Gasteiger partial charge on any atom is -0.871 e. The van der Waals surface area contributed by atoms with Gasteiger partial charge in [-0.1, -0.05) is 23.1 Å². The van der Waals surface area contributed by atoms with Gasteiger partial charge in [0.2, 0.25) is 5.95 Å². The summed E-state index contributed by atoms with van der Waals surface area (Å²) in [5.41, 5.74) is -1.99. The first-order valence-electron chi connectivity index (χ1n) is 10.4. The van der Waals surface area contributed by atoms with Crippen molar-refractivity contribution in [3.8, 4) is 11.5 Å². The maximum absolute atomic E-state index is 13.5. The number of hydrogen-bond acceptors (Lipinski definition) is 14. The van der Waals surface area contributed by atoms with Gasteiger partial charge in [0.25, 0.3) is 20.2 Å². The molecule has 25 heteroatoms. The standard InChI is InChI=1S/C20H12ClF2N5O11S3.3Na/c21-15-18(22)25-20(23)26-19(15)24-8-1-2-10(11(29)5-8)27-28-16-13(42(37,38)39)4-7-3-9(40(31,32)33)6-12(41(34,35)36)14(7)17(16)30;;;/h1-6,29-30H,(H,24,25,26)(H,31,32,33)(H,34,35,36)(H,37,38,39);;;/q;3*+1/p-3. The smallest absolute Gasteiger partial charge is 0.871 e. The van der Waals surface area contributed by atoms with E-state index in [1.54, 1.807) is 0 Å². The molecule has 0 bridgehead atoms. The van der Waals surface area contributed by atoms with E-state index in [0.717, 1.165) is 18.2 Å². The van der Waals surface area contributed by atoms with Crippen LogP contribution in [0.5, 0.6) is 11.5 Å². The fourth-order valence-electron chi connectivity index (χ4n) is 3.44. The third-order valence-corrected chi connectivity index (χ3v) is 8.07. The molecule has 0 saturated heterocycles. The molecule has 4 rings (SSSR count). The largest absolute Gasteiger partial charge is 1.00 e. The number of hydrogen-bond donors (Lipinski definition) is 3. The summed E-state index contributed by atoms with van der Waals surface area (Å²) in [4.78, 5) is 1.99. The molecular weight excluding hydrogens is 725 g/mol. The van der Waals surface area contributed by atoms with Crippen molar-refractivity contribution in [2.75, 3.05) is 5.32 Å². The van der Waals surface area contributed by atoms with Crippen molar-refractivity contribution in [1.82, 2.24) is 9.97 Å². The van der Waals surface area contributed by atoms with Crippen LogP contribution in [0.4, 0.5) is 31.7 Å². The number of halogens is 3. The molecule has 0 saturated carbocycles. The van der Waals surface area contributed by atoms with Crippen LogP contribution in [-0.2, 0) is 30.4 Å². The van der Waals surface area contributed by atoms with Gasteiger partial charge in [-0.15, -0.1) is 5.11 Å². The molecular formula is C20H9ClF2N5Na3O11S3. The first-order chi connectivity index (χ1) is 19.3. The van der Waals surface area contributed by atoms with Crippen LogP contribution in [0.3, 0.4) is 0 Å². The summed E-state index contributed by atoms with van der Waals surface area (Å²) in [6.07, 6.45) is -1.48. The van der Waals surface area contributed by atoms with Crippen molar-refractivity contribution in [3.05, 3.63) is 53.4 Å². The quantitative estimate of drug-likeness (QED) is 0.0524. The van der Waals surface area contributed by atoms with Gasteiger partial charge >= 0.3 is 94.8 Å². The van der Waals surface area contributed by atoms with Gasteiger partial charge in [0.15, 0.2) is 5.82 Å². The molecule has 0 aliphatic carbocycles. The van der Waals surface area contributed by atoms with Gasteiger partial charge in [-0.25, -0.2) is 8.42 Å². The number of fused-ring (bicyclic) bond motifs is 1. The van der Waals surface area contributed by atoms with Crippen LogP contribution in [-0.4, -0.2) is 48.9 Å². The van der Waals surface area contributed by atoms with Crippen molar-refractivity contribution in [3.63, 3.8) is 0 Å². The summed E-state index contributed by atoms with van der Waals surface area (Å²) in [7, 11) is -16.2. The Hall–Kier alpha value is -1.12. The summed E-state index contributed by atoms with van der Waals surface area (Å²) in [6, 6.07) is 3.78. The van der Waals surface area contributed by atoms with Gasteiger partial charge < -0.3 is 20.1 Å². The minimum absolute atomic E-state index is 0. The Kier molecular flexibility index (Phi) is 14.3. The summed E-state index contributed by atoms with van der Waals surface area (Å²) < 4.78 is 128. The van der Waals surface area contributed by atoms with Crippen LogP contribution in [0.1, 0.15) is 0 Å². The maximum Gasteiger partial charge on any atom is 1.00 e. The zero-order chi connectivity index (χ0) is 31.4. The normalized spacial score (nSPS) is 11.9. The maximum atomic E-state index is 13.5. The van der Waals surface area contributed by atoms with Gasteiger partial charge in [-0.3, -0.25) is 9.11 Å². The molecule has 0 aliphatic heterocycles. The van der Waals surface area contributed by atoms with Crippen LogP contribution in [0, 0.1) is 12.0 Å². The van der Waals surface area contributed by atoms with Gasteiger partial charge in [-0.05, 0) is 47.2 Å². The van der Waals surface area contributed by atoms with Crippen molar-refractivity contribution < 1.29 is 147 Å². The second-order valence-electron chi connectivity index (χ2n) is 7.93. The van der Waals surface area contributed by atoms with Crippen LogP contribution < -0.4 is 104 Å². The zero-order valence-electron chi connectivity index (χ0n) is 22.7. The van der Waals surface area contributed by atoms with Crippen LogP contribution in [0.25, 0.3) is 10.8 Å². The monoisotopic (exact) mass is 733 g/mol. The third kappa shape index (κ3) is 9.49. The summed E-state index contributed by atoms with van der Waals surface area (Å²) in [6.45, 7) is 0. The predicted octanol–water partition coefficient (Wildman–Crippen LogP) is -6.72. The topological polar surface area (TPSA) is 275 Å². The number of benzene rings is 3. The molecule has 0 aliphatic rings. The Morgan fingerprint density at radius 3 is 1.98 bits per heavy atom. The minimum atomic E-state index is -5.42. The van der Waals surface area contributed by atoms with Crippen molar-refractivity contribution >= 4 is 75.6 Å². The molecule has 0 fully saturated rings. The third-order valence-electron chi connectivity index (χ3n) is 5.18. The first-order valence-corrected chi connectivity index (χ1v) is 15.0. The number of anilines is 2. The summed E-state index contributed by atoms with van der Waals surface area (Å²) >= 11 is 5.64. The number of aromatic nitrogens is 2. The Bertz CT molecular complexity index is 2180. The number of azo groups is 1. The molecule has 0 radical (unpaired) electrons. The van der Waals surface area contributed by atoms with Crippen LogP contribution in [0.2, 0.25) is 5.02 Å². The average Bonchev–Trinajstić information content (AvgIpc) is 2.85. The van der Waals surface area contributed by atoms with E-state index < -0.39 is 102 Å². The molecule has 0 unspecified atom stereocenters. The van der Waals surface area contributed by atoms with E-state index in [9.17, 15) is 57.9 Å². The molecule has 3 N–H and O–H groups in total. The van der Waals surface area contributed by atoms with Crippen molar-refractivity contribution in [2.45, 2.75) is 14.7 Å². The summed E-state index contributed by atoms with van der Waals surface area (Å²) in [5.74, 6) is -4.57. The van der Waals surface area contributed by atoms with Crippen LogP contribution >= 0.6 is 11.6 Å². The number of nitrogens with zero attached hydrogens (tertiary/aromatic N) is 4. The predicted molar refractivity (Wildman–Crippen MR) is 131 cm³/mol. The molecule has 222 valence electrons. The first kappa shape index (κ1) is 41.9. The Morgan fingerprint density at radius 2 is 1.44 bits per heavy atom. The molecule has 0 amide bonds. The Balaban J connectivity index is 0.00000337. The van der Waals surface area contributed by atoms with Gasteiger partial charge in [0.1, 0.15) is 24.9 Å². The molecule has 16 nitrogen and oxygen atoms in total. The van der Waals surface area contributed by atoms with Crippen molar-refractivity contribution in [1.29, 1.82) is 0 Å². The summed E-state index contributed by atoms with van der Waals surface area (Å²) in [5, 5.41) is 32.3. The van der Waals surface area contributed by atoms with E-state index in [4.69, 9.17) is 11.6 Å².